The van der Waals surface area contributed by atoms with Crippen molar-refractivity contribution < 1.29 is 13.9 Å². The van der Waals surface area contributed by atoms with Crippen molar-refractivity contribution in [1.82, 2.24) is 19.9 Å². The van der Waals surface area contributed by atoms with Crippen LogP contribution in [0, 0.1) is 5.82 Å². The number of rotatable bonds is 1. The van der Waals surface area contributed by atoms with Gasteiger partial charge in [-0.2, -0.15) is 0 Å². The van der Waals surface area contributed by atoms with Gasteiger partial charge in [-0.3, -0.25) is 0 Å². The largest absolute Gasteiger partial charge is 0.444 e. The Bertz CT molecular complexity index is 763. The summed E-state index contributed by atoms with van der Waals surface area (Å²) < 4.78 is 20.8. The lowest BCUT2D eigenvalue weighted by Crippen LogP contribution is -2.42. The predicted octanol–water partition coefficient (Wildman–Crippen LogP) is 3.80. The van der Waals surface area contributed by atoms with Gasteiger partial charge in [-0.05, 0) is 39.7 Å². The molecule has 24 heavy (non-hydrogen) atoms. The lowest BCUT2D eigenvalue weighted by molar-refractivity contribution is 0.0185. The maximum absolute atomic E-state index is 13.7. The zero-order chi connectivity index (χ0) is 17.5. The Morgan fingerprint density at radius 1 is 1.33 bits per heavy atom. The number of amides is 1. The van der Waals surface area contributed by atoms with Gasteiger partial charge in [0.05, 0.1) is 16.6 Å². The first-order valence-corrected chi connectivity index (χ1v) is 8.30. The molecule has 130 valence electrons. The molecule has 1 aliphatic rings. The van der Waals surface area contributed by atoms with Crippen LogP contribution in [0.2, 0.25) is 5.02 Å². The number of piperidine rings is 1. The number of halogens is 2. The monoisotopic (exact) mass is 354 g/mol. The van der Waals surface area contributed by atoms with Crippen molar-refractivity contribution in [3.05, 3.63) is 23.0 Å². The van der Waals surface area contributed by atoms with Crippen LogP contribution in [0.4, 0.5) is 9.18 Å². The molecule has 1 aromatic heterocycles. The van der Waals surface area contributed by atoms with Gasteiger partial charge in [-0.15, -0.1) is 5.10 Å². The minimum atomic E-state index is -0.507. The maximum Gasteiger partial charge on any atom is 0.410 e. The number of ether oxygens (including phenoxy) is 1. The van der Waals surface area contributed by atoms with Gasteiger partial charge >= 0.3 is 6.09 Å². The summed E-state index contributed by atoms with van der Waals surface area (Å²) in [6.45, 7) is 6.67. The number of likely N-dealkylation sites (tertiary alicyclic amines) is 1. The minimum absolute atomic E-state index is 0.0364. The molecule has 1 fully saturated rings. The first kappa shape index (κ1) is 17.0. The maximum atomic E-state index is 13.7. The van der Waals surface area contributed by atoms with E-state index in [1.807, 2.05) is 20.8 Å². The summed E-state index contributed by atoms with van der Waals surface area (Å²) in [7, 11) is 0. The Kier molecular flexibility index (Phi) is 4.38. The number of aromatic nitrogens is 3. The van der Waals surface area contributed by atoms with Crippen LogP contribution in [0.1, 0.15) is 39.7 Å². The molecule has 6 nitrogen and oxygen atoms in total. The van der Waals surface area contributed by atoms with Gasteiger partial charge in [-0.1, -0.05) is 16.8 Å². The average Bonchev–Trinajstić information content (AvgIpc) is 2.89. The van der Waals surface area contributed by atoms with Crippen molar-refractivity contribution in [3.63, 3.8) is 0 Å². The number of fused-ring (bicyclic) bond motifs is 1. The molecule has 1 aliphatic heterocycles. The summed E-state index contributed by atoms with van der Waals surface area (Å²) in [6, 6.07) is 2.90. The van der Waals surface area contributed by atoms with Crippen molar-refractivity contribution in [2.75, 3.05) is 13.1 Å². The fraction of sp³-hybridized carbons (Fsp3) is 0.562. The molecular weight excluding hydrogens is 335 g/mol. The lowest BCUT2D eigenvalue weighted by atomic mass is 10.1. The van der Waals surface area contributed by atoms with E-state index in [0.717, 1.165) is 0 Å². The standard InChI is InChI=1S/C16H20ClFN4O2/c1-16(2,3)24-15(23)21-6-4-10(5-7-21)22-14-9-12(18)11(17)8-13(14)19-20-22/h8-10H,4-7H2,1-3H3. The fourth-order valence-corrected chi connectivity index (χ4v) is 2.98. The molecule has 0 aliphatic carbocycles. The Morgan fingerprint density at radius 3 is 2.62 bits per heavy atom. The number of benzene rings is 1. The Balaban J connectivity index is 1.71. The zero-order valence-corrected chi connectivity index (χ0v) is 14.7. The van der Waals surface area contributed by atoms with Crippen LogP contribution < -0.4 is 0 Å². The molecular formula is C16H20ClFN4O2. The predicted molar refractivity (Wildman–Crippen MR) is 88.6 cm³/mol. The van der Waals surface area contributed by atoms with E-state index in [4.69, 9.17) is 16.3 Å². The van der Waals surface area contributed by atoms with Gasteiger partial charge in [0.1, 0.15) is 16.9 Å². The highest BCUT2D eigenvalue weighted by Gasteiger charge is 2.28. The van der Waals surface area contributed by atoms with Crippen LogP contribution in [0.15, 0.2) is 12.1 Å². The Labute approximate surface area is 144 Å². The van der Waals surface area contributed by atoms with E-state index in [2.05, 4.69) is 10.3 Å². The lowest BCUT2D eigenvalue weighted by Gasteiger charge is -2.33. The van der Waals surface area contributed by atoms with E-state index in [1.54, 1.807) is 9.58 Å². The first-order valence-electron chi connectivity index (χ1n) is 7.92. The third kappa shape index (κ3) is 3.45. The van der Waals surface area contributed by atoms with Gasteiger partial charge in [0.15, 0.2) is 0 Å². The summed E-state index contributed by atoms with van der Waals surface area (Å²) in [5.74, 6) is -0.487. The third-order valence-electron chi connectivity index (χ3n) is 3.98. The van der Waals surface area contributed by atoms with Crippen molar-refractivity contribution >= 4 is 28.7 Å². The van der Waals surface area contributed by atoms with Crippen LogP contribution in [-0.2, 0) is 4.74 Å². The Hall–Kier alpha value is -1.89. The molecule has 1 aromatic carbocycles. The molecule has 1 amide bonds. The number of carbonyl (C=O) groups is 1. The van der Waals surface area contributed by atoms with Crippen LogP contribution in [0.25, 0.3) is 11.0 Å². The molecule has 0 radical (unpaired) electrons. The van der Waals surface area contributed by atoms with Crippen LogP contribution in [0.5, 0.6) is 0 Å². The molecule has 0 bridgehead atoms. The molecule has 0 atom stereocenters. The second-order valence-electron chi connectivity index (χ2n) is 6.99. The van der Waals surface area contributed by atoms with Crippen molar-refractivity contribution in [3.8, 4) is 0 Å². The molecule has 2 aromatic rings. The highest BCUT2D eigenvalue weighted by atomic mass is 35.5. The number of nitrogens with zero attached hydrogens (tertiary/aromatic N) is 4. The average molecular weight is 355 g/mol. The smallest absolute Gasteiger partial charge is 0.410 e. The number of hydrogen-bond donors (Lipinski definition) is 0. The minimum Gasteiger partial charge on any atom is -0.444 e. The van der Waals surface area contributed by atoms with E-state index >= 15 is 0 Å². The second-order valence-corrected chi connectivity index (χ2v) is 7.39. The van der Waals surface area contributed by atoms with Crippen molar-refractivity contribution in [2.24, 2.45) is 0 Å². The highest BCUT2D eigenvalue weighted by molar-refractivity contribution is 6.31. The van der Waals surface area contributed by atoms with Gasteiger partial charge in [0, 0.05) is 19.2 Å². The summed E-state index contributed by atoms with van der Waals surface area (Å²) in [4.78, 5) is 13.8. The van der Waals surface area contributed by atoms with Crippen LogP contribution in [-0.4, -0.2) is 44.7 Å². The molecule has 0 unspecified atom stereocenters. The van der Waals surface area contributed by atoms with E-state index in [0.29, 0.717) is 37.0 Å². The molecule has 0 N–H and O–H groups in total. The molecule has 0 saturated carbocycles. The van der Waals surface area contributed by atoms with E-state index < -0.39 is 11.4 Å². The molecule has 8 heteroatoms. The summed E-state index contributed by atoms with van der Waals surface area (Å²) >= 11 is 5.78. The second kappa shape index (κ2) is 6.20. The van der Waals surface area contributed by atoms with Crippen LogP contribution in [0.3, 0.4) is 0 Å². The molecule has 2 heterocycles. The van der Waals surface area contributed by atoms with Crippen molar-refractivity contribution in [1.29, 1.82) is 0 Å². The SMILES string of the molecule is CC(C)(C)OC(=O)N1CCC(n2nnc3cc(Cl)c(F)cc32)CC1. The van der Waals surface area contributed by atoms with Gasteiger partial charge in [0.25, 0.3) is 0 Å². The molecule has 1 saturated heterocycles. The molecule has 0 spiro atoms. The summed E-state index contributed by atoms with van der Waals surface area (Å²) in [5.41, 5.74) is 0.677. The molecule has 3 rings (SSSR count). The topological polar surface area (TPSA) is 60.2 Å². The summed E-state index contributed by atoms with van der Waals surface area (Å²) in [5, 5.41) is 8.23. The third-order valence-corrected chi connectivity index (χ3v) is 4.26. The normalized spacial score (nSPS) is 16.6. The van der Waals surface area contributed by atoms with Gasteiger partial charge in [-0.25, -0.2) is 13.9 Å². The zero-order valence-electron chi connectivity index (χ0n) is 13.9. The quantitative estimate of drug-likeness (QED) is 0.781. The van der Waals surface area contributed by atoms with Gasteiger partial charge < -0.3 is 9.64 Å². The highest BCUT2D eigenvalue weighted by Crippen LogP contribution is 2.28. The Morgan fingerprint density at radius 2 is 2.00 bits per heavy atom. The first-order chi connectivity index (χ1) is 11.2. The van der Waals surface area contributed by atoms with E-state index in [9.17, 15) is 9.18 Å². The van der Waals surface area contributed by atoms with Gasteiger partial charge in [0.2, 0.25) is 0 Å². The summed E-state index contributed by atoms with van der Waals surface area (Å²) in [6.07, 6.45) is 1.12. The number of carbonyl (C=O) groups excluding carboxylic acids is 1. The van der Waals surface area contributed by atoms with E-state index in [1.165, 1.54) is 12.1 Å². The number of hydrogen-bond acceptors (Lipinski definition) is 4. The van der Waals surface area contributed by atoms with E-state index in [-0.39, 0.29) is 17.2 Å². The van der Waals surface area contributed by atoms with Crippen molar-refractivity contribution in [2.45, 2.75) is 45.3 Å². The fourth-order valence-electron chi connectivity index (χ4n) is 2.82. The van der Waals surface area contributed by atoms with Crippen LogP contribution >= 0.6 is 11.6 Å².